The lowest BCUT2D eigenvalue weighted by atomic mass is 9.92. The van der Waals surface area contributed by atoms with Gasteiger partial charge in [0.05, 0.1) is 0 Å². The van der Waals surface area contributed by atoms with Gasteiger partial charge in [0.2, 0.25) is 0 Å². The molecular formula is C10H15F3O. The Hall–Kier alpha value is -0.770. The SMILES string of the molecule is C=CCCCC(O)(CC=C)C(F)(F)F. The minimum absolute atomic E-state index is 0.271. The third-order valence-corrected chi connectivity index (χ3v) is 2.01. The maximum atomic E-state index is 12.4. The van der Waals surface area contributed by atoms with Gasteiger partial charge in [0.1, 0.15) is 0 Å². The lowest BCUT2D eigenvalue weighted by Crippen LogP contribution is -2.44. The second-order valence-corrected chi connectivity index (χ2v) is 3.20. The first-order chi connectivity index (χ1) is 6.37. The number of alkyl halides is 3. The fourth-order valence-corrected chi connectivity index (χ4v) is 1.14. The third-order valence-electron chi connectivity index (χ3n) is 2.01. The number of hydrogen-bond acceptors (Lipinski definition) is 1. The molecule has 0 saturated heterocycles. The molecule has 1 nitrogen and oxygen atoms in total. The van der Waals surface area contributed by atoms with Crippen LogP contribution in [0.4, 0.5) is 13.2 Å². The van der Waals surface area contributed by atoms with Gasteiger partial charge in [-0.2, -0.15) is 13.2 Å². The van der Waals surface area contributed by atoms with E-state index in [0.29, 0.717) is 6.42 Å². The molecule has 0 heterocycles. The summed E-state index contributed by atoms with van der Waals surface area (Å²) in [5.74, 6) is 0. The molecule has 0 amide bonds. The van der Waals surface area contributed by atoms with Crippen LogP contribution in [0.5, 0.6) is 0 Å². The van der Waals surface area contributed by atoms with Crippen LogP contribution in [-0.4, -0.2) is 16.9 Å². The Labute approximate surface area is 81.9 Å². The Morgan fingerprint density at radius 3 is 2.07 bits per heavy atom. The molecule has 14 heavy (non-hydrogen) atoms. The van der Waals surface area contributed by atoms with Gasteiger partial charge in [-0.3, -0.25) is 0 Å². The van der Waals surface area contributed by atoms with Gasteiger partial charge in [0.25, 0.3) is 0 Å². The Morgan fingerprint density at radius 1 is 1.14 bits per heavy atom. The van der Waals surface area contributed by atoms with E-state index in [1.165, 1.54) is 6.08 Å². The number of rotatable bonds is 6. The van der Waals surface area contributed by atoms with Crippen LogP contribution in [0.3, 0.4) is 0 Å². The predicted octanol–water partition coefficient (Wildman–Crippen LogP) is 3.21. The largest absolute Gasteiger partial charge is 0.417 e. The third kappa shape index (κ3) is 3.54. The smallest absolute Gasteiger partial charge is 0.380 e. The van der Waals surface area contributed by atoms with Crippen molar-refractivity contribution in [2.75, 3.05) is 0 Å². The molecule has 0 spiro atoms. The molecule has 0 fully saturated rings. The molecule has 0 aliphatic heterocycles. The minimum atomic E-state index is -4.59. The van der Waals surface area contributed by atoms with Crippen LogP contribution in [0, 0.1) is 0 Å². The summed E-state index contributed by atoms with van der Waals surface area (Å²) < 4.78 is 37.2. The second-order valence-electron chi connectivity index (χ2n) is 3.20. The molecular weight excluding hydrogens is 193 g/mol. The molecule has 4 heteroatoms. The number of aliphatic hydroxyl groups is 1. The van der Waals surface area contributed by atoms with E-state index < -0.39 is 18.2 Å². The first-order valence-corrected chi connectivity index (χ1v) is 4.38. The highest BCUT2D eigenvalue weighted by Gasteiger charge is 2.51. The summed E-state index contributed by atoms with van der Waals surface area (Å²) in [6.07, 6.45) is -2.01. The predicted molar refractivity (Wildman–Crippen MR) is 49.9 cm³/mol. The van der Waals surface area contributed by atoms with E-state index in [1.54, 1.807) is 0 Å². The molecule has 0 aliphatic rings. The first-order valence-electron chi connectivity index (χ1n) is 4.38. The molecule has 0 aromatic heterocycles. The van der Waals surface area contributed by atoms with Crippen LogP contribution < -0.4 is 0 Å². The maximum Gasteiger partial charge on any atom is 0.417 e. The number of unbranched alkanes of at least 4 members (excludes halogenated alkanes) is 1. The van der Waals surface area contributed by atoms with E-state index >= 15 is 0 Å². The summed E-state index contributed by atoms with van der Waals surface area (Å²) in [5.41, 5.74) is -2.63. The Balaban J connectivity index is 4.39. The highest BCUT2D eigenvalue weighted by atomic mass is 19.4. The quantitative estimate of drug-likeness (QED) is 0.525. The van der Waals surface area contributed by atoms with E-state index in [0.717, 1.165) is 6.08 Å². The van der Waals surface area contributed by atoms with Crippen molar-refractivity contribution >= 4 is 0 Å². The maximum absolute atomic E-state index is 12.4. The van der Waals surface area contributed by atoms with E-state index in [1.807, 2.05) is 0 Å². The lowest BCUT2D eigenvalue weighted by Gasteiger charge is -2.29. The zero-order valence-corrected chi connectivity index (χ0v) is 7.98. The summed E-state index contributed by atoms with van der Waals surface area (Å²) in [7, 11) is 0. The van der Waals surface area contributed by atoms with Gasteiger partial charge in [0.15, 0.2) is 5.60 Å². The fourth-order valence-electron chi connectivity index (χ4n) is 1.14. The zero-order valence-electron chi connectivity index (χ0n) is 7.98. The van der Waals surface area contributed by atoms with E-state index in [-0.39, 0.29) is 12.8 Å². The van der Waals surface area contributed by atoms with Crippen LogP contribution in [0.15, 0.2) is 25.3 Å². The molecule has 0 aliphatic carbocycles. The van der Waals surface area contributed by atoms with Crippen molar-refractivity contribution in [3.05, 3.63) is 25.3 Å². The van der Waals surface area contributed by atoms with Gasteiger partial charge >= 0.3 is 6.18 Å². The topological polar surface area (TPSA) is 20.2 Å². The molecule has 0 aromatic rings. The molecule has 0 aromatic carbocycles. The van der Waals surface area contributed by atoms with Crippen molar-refractivity contribution in [3.63, 3.8) is 0 Å². The summed E-state index contributed by atoms with van der Waals surface area (Å²) >= 11 is 0. The van der Waals surface area contributed by atoms with E-state index in [2.05, 4.69) is 13.2 Å². The Bertz CT molecular complexity index is 198. The van der Waals surface area contributed by atoms with E-state index in [4.69, 9.17) is 0 Å². The van der Waals surface area contributed by atoms with Gasteiger partial charge in [0, 0.05) is 6.42 Å². The molecule has 1 atom stereocenters. The Kier molecular flexibility index (Phi) is 4.91. The second kappa shape index (κ2) is 5.20. The van der Waals surface area contributed by atoms with Gasteiger partial charge in [-0.15, -0.1) is 13.2 Å². The average Bonchev–Trinajstić information content (AvgIpc) is 2.03. The normalized spacial score (nSPS) is 16.0. The standard InChI is InChI=1S/C10H15F3O/c1-3-5-6-8-9(14,7-4-2)10(11,12)13/h3-4,14H,1-2,5-8H2. The monoisotopic (exact) mass is 208 g/mol. The van der Waals surface area contributed by atoms with Crippen molar-refractivity contribution in [2.24, 2.45) is 0 Å². The van der Waals surface area contributed by atoms with Crippen LogP contribution in [0.2, 0.25) is 0 Å². The van der Waals surface area contributed by atoms with Crippen LogP contribution in [0.1, 0.15) is 25.7 Å². The van der Waals surface area contributed by atoms with E-state index in [9.17, 15) is 18.3 Å². The first kappa shape index (κ1) is 13.2. The summed E-state index contributed by atoms with van der Waals surface area (Å²) in [6, 6.07) is 0. The summed E-state index contributed by atoms with van der Waals surface area (Å²) in [6.45, 7) is 6.61. The van der Waals surface area contributed by atoms with Crippen molar-refractivity contribution in [1.29, 1.82) is 0 Å². The number of allylic oxidation sites excluding steroid dienone is 1. The van der Waals surface area contributed by atoms with Crippen molar-refractivity contribution in [1.82, 2.24) is 0 Å². The number of halogens is 3. The highest BCUT2D eigenvalue weighted by molar-refractivity contribution is 4.92. The van der Waals surface area contributed by atoms with Gasteiger partial charge in [-0.1, -0.05) is 12.2 Å². The summed E-state index contributed by atoms with van der Waals surface area (Å²) in [4.78, 5) is 0. The minimum Gasteiger partial charge on any atom is -0.380 e. The van der Waals surface area contributed by atoms with Crippen LogP contribution in [-0.2, 0) is 0 Å². The molecule has 1 unspecified atom stereocenters. The van der Waals surface area contributed by atoms with Crippen molar-refractivity contribution < 1.29 is 18.3 Å². The van der Waals surface area contributed by atoms with Crippen molar-refractivity contribution in [2.45, 2.75) is 37.5 Å². The van der Waals surface area contributed by atoms with Crippen LogP contribution >= 0.6 is 0 Å². The zero-order chi connectivity index (χ0) is 11.2. The molecule has 0 saturated carbocycles. The molecule has 82 valence electrons. The van der Waals surface area contributed by atoms with Crippen LogP contribution in [0.25, 0.3) is 0 Å². The number of hydrogen-bond donors (Lipinski definition) is 1. The fraction of sp³-hybridized carbons (Fsp3) is 0.600. The summed E-state index contributed by atoms with van der Waals surface area (Å²) in [5, 5.41) is 9.34. The highest BCUT2D eigenvalue weighted by Crippen LogP contribution is 2.37. The van der Waals surface area contributed by atoms with Gasteiger partial charge in [-0.25, -0.2) is 0 Å². The van der Waals surface area contributed by atoms with Crippen molar-refractivity contribution in [3.8, 4) is 0 Å². The Morgan fingerprint density at radius 2 is 1.71 bits per heavy atom. The van der Waals surface area contributed by atoms with Gasteiger partial charge < -0.3 is 5.11 Å². The lowest BCUT2D eigenvalue weighted by molar-refractivity contribution is -0.261. The van der Waals surface area contributed by atoms with Gasteiger partial charge in [-0.05, 0) is 19.3 Å². The molecule has 0 radical (unpaired) electrons. The molecule has 0 bridgehead atoms. The average molecular weight is 208 g/mol. The molecule has 1 N–H and O–H groups in total. The molecule has 0 rings (SSSR count).